The monoisotopic (exact) mass is 327 g/mol. The van der Waals surface area contributed by atoms with Crippen LogP contribution in [0.15, 0.2) is 53.4 Å². The van der Waals surface area contributed by atoms with Gasteiger partial charge in [0.15, 0.2) is 0 Å². The maximum Gasteiger partial charge on any atom is 0.263 e. The van der Waals surface area contributed by atoms with E-state index < -0.39 is 10.0 Å². The van der Waals surface area contributed by atoms with Crippen LogP contribution in [0.1, 0.15) is 11.1 Å². The highest BCUT2D eigenvalue weighted by Crippen LogP contribution is 2.29. The molecule has 23 heavy (non-hydrogen) atoms. The summed E-state index contributed by atoms with van der Waals surface area (Å²) < 4.78 is 27.6. The van der Waals surface area contributed by atoms with E-state index in [4.69, 9.17) is 5.73 Å². The van der Waals surface area contributed by atoms with Crippen molar-refractivity contribution in [3.05, 3.63) is 59.7 Å². The summed E-state index contributed by atoms with van der Waals surface area (Å²) in [7, 11) is -3.71. The summed E-state index contributed by atoms with van der Waals surface area (Å²) in [6, 6.07) is 14.0. The first kappa shape index (κ1) is 15.3. The SMILES string of the molecule is Cc1ccc(S(=O)(=O)Nc2nc3ccccc3c(N)c2C)cc1. The third kappa shape index (κ3) is 2.85. The topological polar surface area (TPSA) is 85.1 Å². The summed E-state index contributed by atoms with van der Waals surface area (Å²) in [5, 5.41) is 0.809. The van der Waals surface area contributed by atoms with Gasteiger partial charge in [0.1, 0.15) is 5.82 Å². The molecule has 0 atom stereocenters. The Morgan fingerprint density at radius 2 is 1.65 bits per heavy atom. The zero-order valence-corrected chi connectivity index (χ0v) is 13.7. The molecule has 0 radical (unpaired) electrons. The minimum absolute atomic E-state index is 0.191. The van der Waals surface area contributed by atoms with E-state index in [1.807, 2.05) is 25.1 Å². The molecule has 3 aromatic rings. The first-order valence-electron chi connectivity index (χ1n) is 7.13. The van der Waals surface area contributed by atoms with E-state index in [1.165, 1.54) is 0 Å². The summed E-state index contributed by atoms with van der Waals surface area (Å²) in [6.07, 6.45) is 0. The highest BCUT2D eigenvalue weighted by Gasteiger charge is 2.18. The van der Waals surface area contributed by atoms with Crippen molar-refractivity contribution in [3.8, 4) is 0 Å². The molecule has 0 aliphatic heterocycles. The molecule has 0 aliphatic rings. The number of aromatic nitrogens is 1. The number of hydrogen-bond donors (Lipinski definition) is 2. The Morgan fingerprint density at radius 3 is 2.35 bits per heavy atom. The Balaban J connectivity index is 2.07. The molecule has 3 N–H and O–H groups in total. The molecule has 5 nitrogen and oxygen atoms in total. The van der Waals surface area contributed by atoms with Crippen LogP contribution in [-0.2, 0) is 10.0 Å². The van der Waals surface area contributed by atoms with Gasteiger partial charge in [-0.05, 0) is 32.0 Å². The molecular formula is C17H17N3O2S. The van der Waals surface area contributed by atoms with Crippen LogP contribution in [0.25, 0.3) is 10.9 Å². The van der Waals surface area contributed by atoms with Gasteiger partial charge in [-0.25, -0.2) is 13.4 Å². The number of fused-ring (bicyclic) bond motifs is 1. The maximum atomic E-state index is 12.5. The van der Waals surface area contributed by atoms with Crippen LogP contribution in [0.2, 0.25) is 0 Å². The molecule has 0 spiro atoms. The Bertz CT molecular complexity index is 981. The summed E-state index contributed by atoms with van der Waals surface area (Å²) in [5.74, 6) is 0.252. The van der Waals surface area contributed by atoms with Crippen molar-refractivity contribution in [1.29, 1.82) is 0 Å². The maximum absolute atomic E-state index is 12.5. The molecule has 0 aliphatic carbocycles. The molecule has 2 aromatic carbocycles. The Kier molecular flexibility index (Phi) is 3.69. The van der Waals surface area contributed by atoms with Crippen molar-refractivity contribution >= 4 is 32.4 Å². The molecule has 1 aromatic heterocycles. The average Bonchev–Trinajstić information content (AvgIpc) is 2.52. The van der Waals surface area contributed by atoms with Gasteiger partial charge < -0.3 is 5.73 Å². The van der Waals surface area contributed by atoms with Crippen molar-refractivity contribution in [2.45, 2.75) is 18.7 Å². The molecule has 6 heteroatoms. The van der Waals surface area contributed by atoms with Crippen molar-refractivity contribution in [3.63, 3.8) is 0 Å². The number of benzene rings is 2. The number of aryl methyl sites for hydroxylation is 1. The standard InChI is InChI=1S/C17H17N3O2S/c1-11-7-9-13(10-8-11)23(21,22)20-17-12(2)16(18)14-5-3-4-6-15(14)19-17/h3-10H,1-2H3,(H3,18,19,20). The van der Waals surface area contributed by atoms with Gasteiger partial charge in [-0.2, -0.15) is 0 Å². The fourth-order valence-electron chi connectivity index (χ4n) is 2.34. The third-order valence-corrected chi connectivity index (χ3v) is 5.10. The molecule has 1 heterocycles. The predicted molar refractivity (Wildman–Crippen MR) is 92.9 cm³/mol. The van der Waals surface area contributed by atoms with Crippen LogP contribution in [0.3, 0.4) is 0 Å². The second-order valence-corrected chi connectivity index (χ2v) is 7.12. The van der Waals surface area contributed by atoms with Gasteiger partial charge in [0, 0.05) is 16.6 Å². The number of para-hydroxylation sites is 1. The highest BCUT2D eigenvalue weighted by atomic mass is 32.2. The van der Waals surface area contributed by atoms with E-state index >= 15 is 0 Å². The van der Waals surface area contributed by atoms with Gasteiger partial charge in [-0.1, -0.05) is 35.9 Å². The van der Waals surface area contributed by atoms with Gasteiger partial charge in [0.2, 0.25) is 0 Å². The fraction of sp³-hybridized carbons (Fsp3) is 0.118. The lowest BCUT2D eigenvalue weighted by Crippen LogP contribution is -2.15. The molecule has 0 bridgehead atoms. The number of nitrogens with one attached hydrogen (secondary N) is 1. The summed E-state index contributed by atoms with van der Waals surface area (Å²) in [6.45, 7) is 3.65. The highest BCUT2D eigenvalue weighted by molar-refractivity contribution is 7.92. The number of rotatable bonds is 3. The summed E-state index contributed by atoms with van der Waals surface area (Å²) >= 11 is 0. The van der Waals surface area contributed by atoms with Crippen LogP contribution >= 0.6 is 0 Å². The first-order valence-corrected chi connectivity index (χ1v) is 8.61. The molecule has 0 amide bonds. The van der Waals surface area contributed by atoms with Gasteiger partial charge in [-0.15, -0.1) is 0 Å². The minimum Gasteiger partial charge on any atom is -0.398 e. The molecule has 0 fully saturated rings. The zero-order chi connectivity index (χ0) is 16.6. The van der Waals surface area contributed by atoms with Crippen molar-refractivity contribution in [2.24, 2.45) is 0 Å². The summed E-state index contributed by atoms with van der Waals surface area (Å²) in [5.41, 5.74) is 8.90. The van der Waals surface area contributed by atoms with E-state index in [1.54, 1.807) is 37.3 Å². The van der Waals surface area contributed by atoms with Crippen molar-refractivity contribution < 1.29 is 8.42 Å². The van der Waals surface area contributed by atoms with Crippen LogP contribution in [0.5, 0.6) is 0 Å². The van der Waals surface area contributed by atoms with Crippen molar-refractivity contribution in [1.82, 2.24) is 4.98 Å². The Hall–Kier alpha value is -2.60. The number of hydrogen-bond acceptors (Lipinski definition) is 4. The van der Waals surface area contributed by atoms with E-state index in [0.29, 0.717) is 16.8 Å². The molecule has 0 unspecified atom stereocenters. The van der Waals surface area contributed by atoms with E-state index in [9.17, 15) is 8.42 Å². The van der Waals surface area contributed by atoms with Gasteiger partial charge in [0.25, 0.3) is 10.0 Å². The van der Waals surface area contributed by atoms with Crippen LogP contribution in [0, 0.1) is 13.8 Å². The fourth-order valence-corrected chi connectivity index (χ4v) is 3.40. The molecule has 3 rings (SSSR count). The lowest BCUT2D eigenvalue weighted by atomic mass is 10.1. The number of anilines is 2. The first-order chi connectivity index (χ1) is 10.9. The zero-order valence-electron chi connectivity index (χ0n) is 12.9. The minimum atomic E-state index is -3.71. The predicted octanol–water partition coefficient (Wildman–Crippen LogP) is 3.23. The van der Waals surface area contributed by atoms with Gasteiger partial charge in [-0.3, -0.25) is 4.72 Å². The third-order valence-electron chi connectivity index (χ3n) is 3.75. The quantitative estimate of drug-likeness (QED) is 0.773. The molecule has 0 saturated carbocycles. The lowest BCUT2D eigenvalue weighted by molar-refractivity contribution is 0.601. The molecular weight excluding hydrogens is 310 g/mol. The number of pyridine rings is 1. The van der Waals surface area contributed by atoms with Crippen molar-refractivity contribution in [2.75, 3.05) is 10.5 Å². The molecule has 0 saturated heterocycles. The molecule has 118 valence electrons. The largest absolute Gasteiger partial charge is 0.398 e. The second-order valence-electron chi connectivity index (χ2n) is 5.43. The van der Waals surface area contributed by atoms with E-state index in [0.717, 1.165) is 10.9 Å². The van der Waals surface area contributed by atoms with Crippen LogP contribution < -0.4 is 10.5 Å². The van der Waals surface area contributed by atoms with Crippen LogP contribution in [0.4, 0.5) is 11.5 Å². The Morgan fingerprint density at radius 1 is 1.00 bits per heavy atom. The average molecular weight is 327 g/mol. The van der Waals surface area contributed by atoms with Gasteiger partial charge in [0.05, 0.1) is 10.4 Å². The van der Waals surface area contributed by atoms with E-state index in [2.05, 4.69) is 9.71 Å². The smallest absolute Gasteiger partial charge is 0.263 e. The number of nitrogens with zero attached hydrogens (tertiary/aromatic N) is 1. The number of nitrogen functional groups attached to an aromatic ring is 1. The number of sulfonamides is 1. The normalized spacial score (nSPS) is 11.6. The summed E-state index contributed by atoms with van der Waals surface area (Å²) in [4.78, 5) is 4.58. The Labute approximate surface area is 135 Å². The van der Waals surface area contributed by atoms with Gasteiger partial charge >= 0.3 is 0 Å². The second kappa shape index (κ2) is 5.55. The van der Waals surface area contributed by atoms with Crippen LogP contribution in [-0.4, -0.2) is 13.4 Å². The van der Waals surface area contributed by atoms with E-state index in [-0.39, 0.29) is 10.7 Å². The number of nitrogens with two attached hydrogens (primary N) is 1. The lowest BCUT2D eigenvalue weighted by Gasteiger charge is -2.13.